The van der Waals surface area contributed by atoms with Gasteiger partial charge in [0.1, 0.15) is 5.54 Å². The average Bonchev–Trinajstić information content (AvgIpc) is 2.87. The minimum Gasteiger partial charge on any atom is -0.322 e. The highest BCUT2D eigenvalue weighted by Crippen LogP contribution is 2.35. The maximum Gasteiger partial charge on any atom is 0.325 e. The molecule has 142 valence electrons. The number of nitrogens with zero attached hydrogens (tertiary/aromatic N) is 2. The Morgan fingerprint density at radius 2 is 1.88 bits per heavy atom. The molecule has 1 aromatic carbocycles. The van der Waals surface area contributed by atoms with Crippen LogP contribution in [-0.4, -0.2) is 67.6 Å². The Balaban J connectivity index is 1.92. The van der Waals surface area contributed by atoms with E-state index >= 15 is 0 Å². The van der Waals surface area contributed by atoms with Crippen LogP contribution in [0.15, 0.2) is 24.3 Å². The number of imide groups is 1. The Labute approximate surface area is 155 Å². The Bertz CT molecular complexity index is 670. The molecule has 2 aliphatic heterocycles. The molecule has 1 aromatic rings. The number of benzene rings is 1. The molecule has 1 atom stereocenters. The van der Waals surface area contributed by atoms with Crippen molar-refractivity contribution in [2.24, 2.45) is 5.92 Å². The van der Waals surface area contributed by atoms with Gasteiger partial charge in [-0.25, -0.2) is 4.79 Å². The van der Waals surface area contributed by atoms with Crippen molar-refractivity contribution >= 4 is 11.9 Å². The van der Waals surface area contributed by atoms with Crippen LogP contribution in [0.2, 0.25) is 0 Å². The van der Waals surface area contributed by atoms with Crippen LogP contribution in [0.25, 0.3) is 0 Å². The molecule has 0 aromatic heterocycles. The van der Waals surface area contributed by atoms with E-state index in [1.165, 1.54) is 4.90 Å². The van der Waals surface area contributed by atoms with Crippen LogP contribution in [0.3, 0.4) is 0 Å². The smallest absolute Gasteiger partial charge is 0.322 e. The van der Waals surface area contributed by atoms with Gasteiger partial charge in [0.2, 0.25) is 0 Å². The van der Waals surface area contributed by atoms with Crippen molar-refractivity contribution in [3.63, 3.8) is 0 Å². The van der Waals surface area contributed by atoms with Crippen LogP contribution in [0.5, 0.6) is 0 Å². The van der Waals surface area contributed by atoms with Crippen molar-refractivity contribution in [1.82, 2.24) is 20.4 Å². The molecule has 1 unspecified atom stereocenters. The van der Waals surface area contributed by atoms with E-state index in [2.05, 4.69) is 29.7 Å². The number of urea groups is 1. The fraction of sp³-hybridized carbons (Fsp3) is 0.600. The number of nitrogens with one attached hydrogen (secondary N) is 2. The number of carbonyl (C=O) groups excluding carboxylic acids is 2. The second kappa shape index (κ2) is 7.76. The van der Waals surface area contributed by atoms with Gasteiger partial charge in [-0.1, -0.05) is 24.3 Å². The second-order valence-corrected chi connectivity index (χ2v) is 7.79. The zero-order chi connectivity index (χ0) is 18.7. The zero-order valence-electron chi connectivity index (χ0n) is 16.0. The van der Waals surface area contributed by atoms with E-state index in [1.807, 2.05) is 31.1 Å². The number of hydrogen-bond donors (Lipinski definition) is 2. The number of rotatable bonds is 6. The normalized spacial score (nSPS) is 24.4. The first-order valence-electron chi connectivity index (χ1n) is 9.48. The van der Waals surface area contributed by atoms with Gasteiger partial charge < -0.3 is 15.5 Å². The summed E-state index contributed by atoms with van der Waals surface area (Å²) < 4.78 is 0. The van der Waals surface area contributed by atoms with E-state index < -0.39 is 5.54 Å². The van der Waals surface area contributed by atoms with E-state index in [1.54, 1.807) is 0 Å². The highest BCUT2D eigenvalue weighted by Gasteiger charge is 2.55. The zero-order valence-corrected chi connectivity index (χ0v) is 16.0. The monoisotopic (exact) mass is 358 g/mol. The van der Waals surface area contributed by atoms with Crippen LogP contribution in [0.1, 0.15) is 24.0 Å². The molecule has 0 spiro atoms. The lowest BCUT2D eigenvalue weighted by atomic mass is 9.73. The van der Waals surface area contributed by atoms with Crippen molar-refractivity contribution < 1.29 is 9.59 Å². The second-order valence-electron chi connectivity index (χ2n) is 7.79. The number of amides is 3. The van der Waals surface area contributed by atoms with Crippen LogP contribution in [-0.2, 0) is 11.2 Å². The maximum atomic E-state index is 13.5. The number of likely N-dealkylation sites (N-methyl/N-ethyl adjacent to an activating group) is 1. The van der Waals surface area contributed by atoms with Crippen LogP contribution < -0.4 is 10.6 Å². The predicted octanol–water partition coefficient (Wildman–Crippen LogP) is 1.39. The largest absolute Gasteiger partial charge is 0.325 e. The summed E-state index contributed by atoms with van der Waals surface area (Å²) in [7, 11) is 3.90. The van der Waals surface area contributed by atoms with Crippen molar-refractivity contribution in [1.29, 1.82) is 0 Å². The Morgan fingerprint density at radius 3 is 2.54 bits per heavy atom. The molecule has 6 heteroatoms. The van der Waals surface area contributed by atoms with Crippen molar-refractivity contribution in [3.8, 4) is 0 Å². The van der Waals surface area contributed by atoms with E-state index in [9.17, 15) is 9.59 Å². The standard InChI is InChI=1S/C20H30N4O2/c1-15-6-4-5-7-16(15)14-20(17-8-10-21-11-9-17)18(25)24(19(26)22-20)13-12-23(2)3/h4-7,17,21H,8-14H2,1-3H3,(H,22,26). The van der Waals surface area contributed by atoms with Gasteiger partial charge in [-0.2, -0.15) is 0 Å². The quantitative estimate of drug-likeness (QED) is 0.755. The van der Waals surface area contributed by atoms with Crippen molar-refractivity contribution in [2.75, 3.05) is 40.3 Å². The fourth-order valence-corrected chi connectivity index (χ4v) is 4.11. The topological polar surface area (TPSA) is 64.7 Å². The van der Waals surface area contributed by atoms with E-state index in [4.69, 9.17) is 0 Å². The molecule has 0 bridgehead atoms. The number of piperidine rings is 1. The lowest BCUT2D eigenvalue weighted by Gasteiger charge is -2.38. The van der Waals surface area contributed by atoms with Gasteiger partial charge in [-0.15, -0.1) is 0 Å². The fourth-order valence-electron chi connectivity index (χ4n) is 4.11. The Morgan fingerprint density at radius 1 is 1.19 bits per heavy atom. The van der Waals surface area contributed by atoms with Gasteiger partial charge in [-0.3, -0.25) is 9.69 Å². The van der Waals surface area contributed by atoms with Gasteiger partial charge in [0.25, 0.3) is 5.91 Å². The molecule has 3 amide bonds. The molecule has 0 saturated carbocycles. The first-order valence-corrected chi connectivity index (χ1v) is 9.48. The molecule has 2 heterocycles. The number of aryl methyl sites for hydroxylation is 1. The third kappa shape index (κ3) is 3.62. The Hall–Kier alpha value is -1.92. The molecule has 2 aliphatic rings. The van der Waals surface area contributed by atoms with Crippen LogP contribution in [0, 0.1) is 12.8 Å². The van der Waals surface area contributed by atoms with Gasteiger partial charge in [0, 0.05) is 19.5 Å². The van der Waals surface area contributed by atoms with E-state index in [-0.39, 0.29) is 17.9 Å². The molecule has 2 saturated heterocycles. The molecule has 2 N–H and O–H groups in total. The minimum absolute atomic E-state index is 0.0560. The van der Waals surface area contributed by atoms with Gasteiger partial charge in [0.05, 0.1) is 0 Å². The summed E-state index contributed by atoms with van der Waals surface area (Å²) in [6.45, 7) is 4.95. The summed E-state index contributed by atoms with van der Waals surface area (Å²) in [6.07, 6.45) is 2.37. The van der Waals surface area contributed by atoms with Crippen LogP contribution >= 0.6 is 0 Å². The lowest BCUT2D eigenvalue weighted by molar-refractivity contribution is -0.133. The van der Waals surface area contributed by atoms with Gasteiger partial charge in [-0.05, 0) is 64.0 Å². The molecule has 6 nitrogen and oxygen atoms in total. The molecule has 0 aliphatic carbocycles. The van der Waals surface area contributed by atoms with Gasteiger partial charge >= 0.3 is 6.03 Å². The number of carbonyl (C=O) groups is 2. The Kier molecular flexibility index (Phi) is 5.63. The summed E-state index contributed by atoms with van der Waals surface area (Å²) in [6, 6.07) is 7.90. The maximum absolute atomic E-state index is 13.5. The van der Waals surface area contributed by atoms with Crippen molar-refractivity contribution in [3.05, 3.63) is 35.4 Å². The minimum atomic E-state index is -0.822. The molecule has 3 rings (SSSR count). The first-order chi connectivity index (χ1) is 12.4. The summed E-state index contributed by atoms with van der Waals surface area (Å²) in [5.41, 5.74) is 1.47. The molecular formula is C20H30N4O2. The first kappa shape index (κ1) is 18.9. The molecule has 0 radical (unpaired) electrons. The third-order valence-electron chi connectivity index (χ3n) is 5.74. The molecular weight excluding hydrogens is 328 g/mol. The molecule has 2 fully saturated rings. The predicted molar refractivity (Wildman–Crippen MR) is 102 cm³/mol. The highest BCUT2D eigenvalue weighted by molar-refractivity contribution is 6.07. The summed E-state index contributed by atoms with van der Waals surface area (Å²) in [5, 5.41) is 6.49. The van der Waals surface area contributed by atoms with Crippen LogP contribution in [0.4, 0.5) is 4.79 Å². The average molecular weight is 358 g/mol. The summed E-state index contributed by atoms with van der Waals surface area (Å²) in [5.74, 6) is 0.101. The SMILES string of the molecule is Cc1ccccc1CC1(C2CCNCC2)NC(=O)N(CCN(C)C)C1=O. The highest BCUT2D eigenvalue weighted by atomic mass is 16.2. The van der Waals surface area contributed by atoms with Gasteiger partial charge in [0.15, 0.2) is 0 Å². The number of hydrogen-bond acceptors (Lipinski definition) is 4. The van der Waals surface area contributed by atoms with E-state index in [0.717, 1.165) is 37.1 Å². The third-order valence-corrected chi connectivity index (χ3v) is 5.74. The molecule has 26 heavy (non-hydrogen) atoms. The summed E-state index contributed by atoms with van der Waals surface area (Å²) >= 11 is 0. The summed E-state index contributed by atoms with van der Waals surface area (Å²) in [4.78, 5) is 29.6. The lowest BCUT2D eigenvalue weighted by Crippen LogP contribution is -2.57. The van der Waals surface area contributed by atoms with E-state index in [0.29, 0.717) is 19.5 Å². The van der Waals surface area contributed by atoms with Crippen molar-refractivity contribution in [2.45, 2.75) is 31.7 Å².